The molecule has 0 bridgehead atoms. The quantitative estimate of drug-likeness (QED) is 0.740. The highest BCUT2D eigenvalue weighted by molar-refractivity contribution is 7.10. The van der Waals surface area contributed by atoms with Crippen molar-refractivity contribution in [1.82, 2.24) is 4.37 Å². The first kappa shape index (κ1) is 14.6. The number of aromatic hydroxyl groups is 1. The standard InChI is InChI=1S/C11H7ClF3N3OS/c12-7-3-5(11(13,14)15)1-2-8(7)17-10-6(4-16)9(19)18-20-10/h1-4,16-17H,(H,18,19). The Balaban J connectivity index is 2.33. The molecule has 0 aliphatic carbocycles. The van der Waals surface area contributed by atoms with Crippen molar-refractivity contribution in [2.24, 2.45) is 0 Å². The Morgan fingerprint density at radius 3 is 2.65 bits per heavy atom. The maximum Gasteiger partial charge on any atom is 0.416 e. The van der Waals surface area contributed by atoms with E-state index in [9.17, 15) is 18.3 Å². The lowest BCUT2D eigenvalue weighted by molar-refractivity contribution is -0.137. The molecule has 0 aliphatic rings. The zero-order chi connectivity index (χ0) is 14.9. The molecular weight excluding hydrogens is 315 g/mol. The summed E-state index contributed by atoms with van der Waals surface area (Å²) in [7, 11) is 0. The lowest BCUT2D eigenvalue weighted by atomic mass is 10.2. The number of nitrogens with one attached hydrogen (secondary N) is 2. The minimum absolute atomic E-state index is 0.122. The van der Waals surface area contributed by atoms with Crippen LogP contribution in [-0.2, 0) is 6.18 Å². The maximum absolute atomic E-state index is 12.5. The fourth-order valence-corrected chi connectivity index (χ4v) is 2.33. The predicted molar refractivity (Wildman–Crippen MR) is 71.4 cm³/mol. The van der Waals surface area contributed by atoms with Crippen molar-refractivity contribution in [1.29, 1.82) is 5.41 Å². The van der Waals surface area contributed by atoms with Gasteiger partial charge in [0.2, 0.25) is 5.88 Å². The van der Waals surface area contributed by atoms with Crippen molar-refractivity contribution in [2.75, 3.05) is 5.32 Å². The second-order valence-electron chi connectivity index (χ2n) is 3.71. The normalized spacial score (nSPS) is 11.4. The van der Waals surface area contributed by atoms with Crippen molar-refractivity contribution in [3.8, 4) is 5.88 Å². The smallest absolute Gasteiger partial charge is 0.416 e. The van der Waals surface area contributed by atoms with Gasteiger partial charge in [0.25, 0.3) is 0 Å². The number of hydrogen-bond acceptors (Lipinski definition) is 5. The summed E-state index contributed by atoms with van der Waals surface area (Å²) in [6.07, 6.45) is -3.58. The van der Waals surface area contributed by atoms with Crippen LogP contribution < -0.4 is 5.32 Å². The molecule has 0 saturated carbocycles. The van der Waals surface area contributed by atoms with Crippen LogP contribution in [0.3, 0.4) is 0 Å². The molecule has 3 N–H and O–H groups in total. The van der Waals surface area contributed by atoms with Crippen molar-refractivity contribution in [2.45, 2.75) is 6.18 Å². The topological polar surface area (TPSA) is 69.0 Å². The van der Waals surface area contributed by atoms with E-state index >= 15 is 0 Å². The van der Waals surface area contributed by atoms with Gasteiger partial charge in [0.1, 0.15) is 5.00 Å². The Hall–Kier alpha value is -1.80. The van der Waals surface area contributed by atoms with E-state index in [-0.39, 0.29) is 22.2 Å². The van der Waals surface area contributed by atoms with Gasteiger partial charge >= 0.3 is 6.18 Å². The third-order valence-electron chi connectivity index (χ3n) is 2.40. The first-order chi connectivity index (χ1) is 9.32. The number of anilines is 2. The molecule has 1 aromatic carbocycles. The van der Waals surface area contributed by atoms with E-state index in [1.165, 1.54) is 6.07 Å². The average molecular weight is 322 g/mol. The second kappa shape index (κ2) is 5.29. The number of aromatic nitrogens is 1. The number of rotatable bonds is 3. The van der Waals surface area contributed by atoms with E-state index < -0.39 is 11.7 Å². The van der Waals surface area contributed by atoms with Gasteiger partial charge in [-0.05, 0) is 29.7 Å². The van der Waals surface area contributed by atoms with Gasteiger partial charge in [-0.2, -0.15) is 17.5 Å². The van der Waals surface area contributed by atoms with Gasteiger partial charge in [-0.3, -0.25) is 0 Å². The first-order valence-corrected chi connectivity index (χ1v) is 6.31. The van der Waals surface area contributed by atoms with Gasteiger partial charge in [-0.25, -0.2) is 0 Å². The van der Waals surface area contributed by atoms with Crippen LogP contribution in [0, 0.1) is 5.41 Å². The average Bonchev–Trinajstić information content (AvgIpc) is 2.71. The van der Waals surface area contributed by atoms with Gasteiger partial charge in [-0.15, -0.1) is 0 Å². The van der Waals surface area contributed by atoms with Crippen LogP contribution in [0.5, 0.6) is 5.88 Å². The molecule has 0 atom stereocenters. The van der Waals surface area contributed by atoms with Gasteiger partial charge in [0.05, 0.1) is 21.8 Å². The maximum atomic E-state index is 12.5. The minimum Gasteiger partial charge on any atom is -0.492 e. The number of hydrogen-bond donors (Lipinski definition) is 3. The van der Waals surface area contributed by atoms with Gasteiger partial charge in [-0.1, -0.05) is 11.6 Å². The second-order valence-corrected chi connectivity index (χ2v) is 4.89. The molecule has 0 radical (unpaired) electrons. The molecular formula is C11H7ClF3N3OS. The summed E-state index contributed by atoms with van der Waals surface area (Å²) in [5.41, 5.74) is -0.482. The summed E-state index contributed by atoms with van der Waals surface area (Å²) < 4.78 is 41.1. The number of benzene rings is 1. The molecule has 1 heterocycles. The highest BCUT2D eigenvalue weighted by Gasteiger charge is 2.31. The largest absolute Gasteiger partial charge is 0.492 e. The lowest BCUT2D eigenvalue weighted by Crippen LogP contribution is -2.05. The van der Waals surface area contributed by atoms with E-state index in [1.807, 2.05) is 0 Å². The van der Waals surface area contributed by atoms with Crippen molar-refractivity contribution in [3.63, 3.8) is 0 Å². The molecule has 0 fully saturated rings. The summed E-state index contributed by atoms with van der Waals surface area (Å²) in [5.74, 6) is -0.324. The molecule has 2 rings (SSSR count). The summed E-state index contributed by atoms with van der Waals surface area (Å²) >= 11 is 6.66. The van der Waals surface area contributed by atoms with Crippen LogP contribution in [0.4, 0.5) is 23.9 Å². The SMILES string of the molecule is N=Cc1c(O)nsc1Nc1ccc(C(F)(F)F)cc1Cl. The molecule has 0 amide bonds. The van der Waals surface area contributed by atoms with E-state index in [1.54, 1.807) is 0 Å². The van der Waals surface area contributed by atoms with E-state index in [4.69, 9.17) is 17.0 Å². The van der Waals surface area contributed by atoms with Crippen molar-refractivity contribution >= 4 is 40.0 Å². The third-order valence-corrected chi connectivity index (χ3v) is 3.48. The molecule has 9 heteroatoms. The van der Waals surface area contributed by atoms with Crippen LogP contribution in [0.2, 0.25) is 5.02 Å². The van der Waals surface area contributed by atoms with Crippen LogP contribution in [0.25, 0.3) is 0 Å². The molecule has 0 aliphatic heterocycles. The Morgan fingerprint density at radius 2 is 2.10 bits per heavy atom. The van der Waals surface area contributed by atoms with Crippen LogP contribution in [0.15, 0.2) is 18.2 Å². The number of nitrogens with zero attached hydrogens (tertiary/aromatic N) is 1. The van der Waals surface area contributed by atoms with Crippen LogP contribution in [-0.4, -0.2) is 15.7 Å². The van der Waals surface area contributed by atoms with Crippen molar-refractivity contribution in [3.05, 3.63) is 34.3 Å². The fraction of sp³-hybridized carbons (Fsp3) is 0.0909. The Morgan fingerprint density at radius 1 is 1.40 bits per heavy atom. The predicted octanol–water partition coefficient (Wildman–Crippen LogP) is 4.26. The molecule has 2 aromatic rings. The monoisotopic (exact) mass is 321 g/mol. The summed E-state index contributed by atoms with van der Waals surface area (Å²) in [6.45, 7) is 0. The summed E-state index contributed by atoms with van der Waals surface area (Å²) in [5, 5.41) is 19.4. The van der Waals surface area contributed by atoms with Gasteiger partial charge < -0.3 is 15.8 Å². The van der Waals surface area contributed by atoms with Crippen LogP contribution >= 0.6 is 23.1 Å². The number of alkyl halides is 3. The van der Waals surface area contributed by atoms with E-state index in [0.717, 1.165) is 29.9 Å². The minimum atomic E-state index is -4.47. The molecule has 1 aromatic heterocycles. The first-order valence-electron chi connectivity index (χ1n) is 5.16. The molecule has 4 nitrogen and oxygen atoms in total. The zero-order valence-corrected chi connectivity index (χ0v) is 11.2. The summed E-state index contributed by atoms with van der Waals surface area (Å²) in [6, 6.07) is 2.86. The Labute approximate surface area is 120 Å². The van der Waals surface area contributed by atoms with E-state index in [0.29, 0.717) is 5.00 Å². The van der Waals surface area contributed by atoms with E-state index in [2.05, 4.69) is 9.69 Å². The lowest BCUT2D eigenvalue weighted by Gasteiger charge is -2.11. The van der Waals surface area contributed by atoms with Crippen LogP contribution in [0.1, 0.15) is 11.1 Å². The Kier molecular flexibility index (Phi) is 3.87. The molecule has 0 spiro atoms. The highest BCUT2D eigenvalue weighted by Crippen LogP contribution is 2.36. The number of halogens is 4. The van der Waals surface area contributed by atoms with Gasteiger partial charge in [0.15, 0.2) is 0 Å². The fourth-order valence-electron chi connectivity index (χ4n) is 1.42. The Bertz CT molecular complexity index is 657. The molecule has 106 valence electrons. The molecule has 0 unspecified atom stereocenters. The molecule has 20 heavy (non-hydrogen) atoms. The molecule has 0 saturated heterocycles. The summed E-state index contributed by atoms with van der Waals surface area (Å²) in [4.78, 5) is 0. The third kappa shape index (κ3) is 2.86. The van der Waals surface area contributed by atoms with Crippen molar-refractivity contribution < 1.29 is 18.3 Å². The van der Waals surface area contributed by atoms with Gasteiger partial charge in [0, 0.05) is 6.21 Å². The zero-order valence-electron chi connectivity index (χ0n) is 9.62. The highest BCUT2D eigenvalue weighted by atomic mass is 35.5.